The van der Waals surface area contributed by atoms with Crippen molar-refractivity contribution in [2.45, 2.75) is 45.7 Å². The van der Waals surface area contributed by atoms with Gasteiger partial charge in [-0.05, 0) is 18.4 Å². The lowest BCUT2D eigenvalue weighted by Crippen LogP contribution is -2.25. The van der Waals surface area contributed by atoms with E-state index >= 15 is 0 Å². The molecule has 0 radical (unpaired) electrons. The Labute approximate surface area is 139 Å². The molecule has 0 aliphatic heterocycles. The number of aromatic carboxylic acids is 1. The Kier molecular flexibility index (Phi) is 6.83. The van der Waals surface area contributed by atoms with Gasteiger partial charge in [0.15, 0.2) is 5.69 Å². The first kappa shape index (κ1) is 20.8. The third kappa shape index (κ3) is 4.64. The maximum Gasteiger partial charge on any atom is 0.434 e. The van der Waals surface area contributed by atoms with Gasteiger partial charge in [0.2, 0.25) is 0 Å². The largest absolute Gasteiger partial charge is 0.478 e. The number of nitrogens with zero attached hydrogens (tertiary/aromatic N) is 1. The van der Waals surface area contributed by atoms with Crippen LogP contribution in [0.1, 0.15) is 70.8 Å². The number of halogens is 5. The van der Waals surface area contributed by atoms with Gasteiger partial charge in [0.05, 0.1) is 17.7 Å². The third-order valence-corrected chi connectivity index (χ3v) is 3.16. The second-order valence-corrected chi connectivity index (χ2v) is 5.06. The molecular formula is C15H16F5NO4. The summed E-state index contributed by atoms with van der Waals surface area (Å²) in [7, 11) is 0. The van der Waals surface area contributed by atoms with Crippen molar-refractivity contribution in [1.29, 1.82) is 0 Å². The summed E-state index contributed by atoms with van der Waals surface area (Å²) in [4.78, 5) is 26.2. The molecule has 0 amide bonds. The zero-order valence-electron chi connectivity index (χ0n) is 13.4. The summed E-state index contributed by atoms with van der Waals surface area (Å²) in [6, 6.07) is 0. The molecule has 10 heteroatoms. The molecule has 25 heavy (non-hydrogen) atoms. The number of aromatic nitrogens is 1. The summed E-state index contributed by atoms with van der Waals surface area (Å²) in [5.41, 5.74) is -6.24. The van der Waals surface area contributed by atoms with E-state index in [1.165, 1.54) is 6.92 Å². The third-order valence-electron chi connectivity index (χ3n) is 3.16. The van der Waals surface area contributed by atoms with E-state index in [0.717, 1.165) is 0 Å². The van der Waals surface area contributed by atoms with Crippen molar-refractivity contribution in [2.75, 3.05) is 6.61 Å². The maximum atomic E-state index is 13.3. The minimum atomic E-state index is -5.23. The Bertz CT molecular complexity index is 658. The summed E-state index contributed by atoms with van der Waals surface area (Å²) < 4.78 is 70.7. The molecule has 1 aromatic heterocycles. The standard InChI is InChI=1S/C15H16F5NO4/c1-3-5-7-8(13(22)23)10(12(16)17)21-11(15(18,19)20)9(7)14(24)25-6-4-2/h12H,3-6H2,1-2H3,(H,22,23). The number of carbonyl (C=O) groups excluding carboxylic acids is 1. The minimum Gasteiger partial charge on any atom is -0.478 e. The Hall–Kier alpha value is -2.26. The average Bonchev–Trinajstić information content (AvgIpc) is 2.50. The molecule has 0 saturated heterocycles. The molecular weight excluding hydrogens is 353 g/mol. The minimum absolute atomic E-state index is 0.123. The van der Waals surface area contributed by atoms with Crippen LogP contribution in [0.2, 0.25) is 0 Å². The number of esters is 1. The number of carboxylic acid groups (broad SMARTS) is 1. The summed E-state index contributed by atoms with van der Waals surface area (Å²) in [6.07, 6.45) is -8.68. The fourth-order valence-corrected chi connectivity index (χ4v) is 2.24. The number of hydrogen-bond donors (Lipinski definition) is 1. The van der Waals surface area contributed by atoms with E-state index in [1.807, 2.05) is 0 Å². The average molecular weight is 369 g/mol. The molecule has 1 aromatic rings. The van der Waals surface area contributed by atoms with Crippen molar-refractivity contribution >= 4 is 11.9 Å². The van der Waals surface area contributed by atoms with Crippen LogP contribution in [0.4, 0.5) is 22.0 Å². The van der Waals surface area contributed by atoms with Crippen LogP contribution in [-0.4, -0.2) is 28.6 Å². The summed E-state index contributed by atoms with van der Waals surface area (Å²) in [5.74, 6) is -3.32. The lowest BCUT2D eigenvalue weighted by molar-refractivity contribution is -0.142. The van der Waals surface area contributed by atoms with Crippen molar-refractivity contribution in [3.8, 4) is 0 Å². The van der Waals surface area contributed by atoms with Gasteiger partial charge in [-0.3, -0.25) is 0 Å². The molecule has 0 aliphatic rings. The molecule has 5 nitrogen and oxygen atoms in total. The van der Waals surface area contributed by atoms with Crippen LogP contribution in [0.5, 0.6) is 0 Å². The van der Waals surface area contributed by atoms with Crippen LogP contribution in [0.3, 0.4) is 0 Å². The normalized spacial score (nSPS) is 11.7. The number of rotatable bonds is 7. The molecule has 0 atom stereocenters. The molecule has 0 bridgehead atoms. The fourth-order valence-electron chi connectivity index (χ4n) is 2.24. The van der Waals surface area contributed by atoms with Gasteiger partial charge in [-0.25, -0.2) is 23.4 Å². The first-order valence-electron chi connectivity index (χ1n) is 7.38. The van der Waals surface area contributed by atoms with Crippen molar-refractivity contribution in [2.24, 2.45) is 0 Å². The molecule has 0 fully saturated rings. The van der Waals surface area contributed by atoms with Crippen LogP contribution in [0.15, 0.2) is 0 Å². The monoisotopic (exact) mass is 369 g/mol. The molecule has 1 heterocycles. The smallest absolute Gasteiger partial charge is 0.434 e. The van der Waals surface area contributed by atoms with E-state index in [9.17, 15) is 36.6 Å². The molecule has 0 saturated carbocycles. The fraction of sp³-hybridized carbons (Fsp3) is 0.533. The SMILES string of the molecule is CCCOC(=O)c1c(C(F)(F)F)nc(C(F)F)c(C(=O)O)c1CCC. The van der Waals surface area contributed by atoms with E-state index in [2.05, 4.69) is 9.72 Å². The molecule has 140 valence electrons. The van der Waals surface area contributed by atoms with Crippen LogP contribution in [0, 0.1) is 0 Å². The van der Waals surface area contributed by atoms with Crippen molar-refractivity contribution in [3.05, 3.63) is 28.1 Å². The van der Waals surface area contributed by atoms with Crippen LogP contribution in [-0.2, 0) is 17.3 Å². The Balaban J connectivity index is 3.88. The predicted molar refractivity (Wildman–Crippen MR) is 75.7 cm³/mol. The Morgan fingerprint density at radius 3 is 2.16 bits per heavy atom. The predicted octanol–water partition coefficient (Wildman–Crippen LogP) is 4.26. The van der Waals surface area contributed by atoms with Gasteiger partial charge >= 0.3 is 18.1 Å². The van der Waals surface area contributed by atoms with Crippen molar-refractivity contribution in [1.82, 2.24) is 4.98 Å². The highest BCUT2D eigenvalue weighted by Gasteiger charge is 2.42. The highest BCUT2D eigenvalue weighted by molar-refractivity contribution is 5.99. The quantitative estimate of drug-likeness (QED) is 0.574. The van der Waals surface area contributed by atoms with Gasteiger partial charge in [-0.1, -0.05) is 20.3 Å². The first-order chi connectivity index (χ1) is 11.6. The lowest BCUT2D eigenvalue weighted by Gasteiger charge is -2.19. The van der Waals surface area contributed by atoms with Gasteiger partial charge in [0, 0.05) is 0 Å². The van der Waals surface area contributed by atoms with Gasteiger partial charge in [0.25, 0.3) is 6.43 Å². The molecule has 0 aliphatic carbocycles. The summed E-state index contributed by atoms with van der Waals surface area (Å²) in [5, 5.41) is 9.19. The number of pyridine rings is 1. The Morgan fingerprint density at radius 1 is 1.16 bits per heavy atom. The molecule has 1 rings (SSSR count). The topological polar surface area (TPSA) is 76.5 Å². The van der Waals surface area contributed by atoms with E-state index in [1.54, 1.807) is 6.92 Å². The molecule has 0 spiro atoms. The van der Waals surface area contributed by atoms with Gasteiger partial charge in [-0.15, -0.1) is 0 Å². The number of hydrogen-bond acceptors (Lipinski definition) is 4. The van der Waals surface area contributed by atoms with E-state index in [4.69, 9.17) is 0 Å². The van der Waals surface area contributed by atoms with E-state index in [-0.39, 0.29) is 19.4 Å². The number of carbonyl (C=O) groups is 2. The summed E-state index contributed by atoms with van der Waals surface area (Å²) >= 11 is 0. The highest BCUT2D eigenvalue weighted by atomic mass is 19.4. The van der Waals surface area contributed by atoms with Gasteiger partial charge in [0.1, 0.15) is 5.69 Å². The van der Waals surface area contributed by atoms with Crippen LogP contribution < -0.4 is 0 Å². The Morgan fingerprint density at radius 2 is 1.76 bits per heavy atom. The summed E-state index contributed by atoms with van der Waals surface area (Å²) in [6.45, 7) is 2.90. The maximum absolute atomic E-state index is 13.3. The number of alkyl halides is 5. The lowest BCUT2D eigenvalue weighted by atomic mass is 9.94. The molecule has 0 unspecified atom stereocenters. The second kappa shape index (κ2) is 8.21. The van der Waals surface area contributed by atoms with Gasteiger partial charge < -0.3 is 9.84 Å². The van der Waals surface area contributed by atoms with Crippen molar-refractivity contribution < 1.29 is 41.4 Å². The van der Waals surface area contributed by atoms with Crippen LogP contribution >= 0.6 is 0 Å². The zero-order valence-corrected chi connectivity index (χ0v) is 13.4. The van der Waals surface area contributed by atoms with E-state index < -0.39 is 52.6 Å². The number of ether oxygens (including phenoxy) is 1. The van der Waals surface area contributed by atoms with Crippen molar-refractivity contribution in [3.63, 3.8) is 0 Å². The first-order valence-corrected chi connectivity index (χ1v) is 7.38. The zero-order chi connectivity index (χ0) is 19.4. The highest BCUT2D eigenvalue weighted by Crippen LogP contribution is 2.37. The second-order valence-electron chi connectivity index (χ2n) is 5.06. The molecule has 0 aromatic carbocycles. The number of carboxylic acids is 1. The van der Waals surface area contributed by atoms with Crippen LogP contribution in [0.25, 0.3) is 0 Å². The van der Waals surface area contributed by atoms with Gasteiger partial charge in [-0.2, -0.15) is 13.2 Å². The molecule has 1 N–H and O–H groups in total. The van der Waals surface area contributed by atoms with E-state index in [0.29, 0.717) is 6.42 Å².